The fourth-order valence-electron chi connectivity index (χ4n) is 1.08. The minimum atomic E-state index is 0. The zero-order valence-corrected chi connectivity index (χ0v) is 10.9. The van der Waals surface area contributed by atoms with Gasteiger partial charge in [0.1, 0.15) is 0 Å². The highest BCUT2D eigenvalue weighted by atomic mass is 35.5. The van der Waals surface area contributed by atoms with Crippen LogP contribution < -0.4 is 0 Å². The van der Waals surface area contributed by atoms with E-state index in [0.29, 0.717) is 6.42 Å². The van der Waals surface area contributed by atoms with Crippen molar-refractivity contribution < 1.29 is 4.79 Å². The monoisotopic (exact) mass is 257 g/mol. The van der Waals surface area contributed by atoms with Gasteiger partial charge in [-0.15, -0.1) is 19.0 Å². The molecule has 96 valence electrons. The number of aromatic nitrogens is 2. The number of rotatable bonds is 1. The van der Waals surface area contributed by atoms with Crippen molar-refractivity contribution in [2.45, 2.75) is 19.8 Å². The Hall–Kier alpha value is -1.55. The molecule has 0 bridgehead atoms. The molecule has 1 amide bonds. The highest BCUT2D eigenvalue weighted by Crippen LogP contribution is 2.08. The van der Waals surface area contributed by atoms with Gasteiger partial charge in [0.2, 0.25) is 5.91 Å². The van der Waals surface area contributed by atoms with Crippen molar-refractivity contribution in [3.63, 3.8) is 0 Å². The van der Waals surface area contributed by atoms with Crippen LogP contribution >= 0.6 is 12.4 Å². The predicted octanol–water partition coefficient (Wildman–Crippen LogP) is 2.78. The van der Waals surface area contributed by atoms with E-state index in [2.05, 4.69) is 23.1 Å². The third-order valence-electron chi connectivity index (χ3n) is 1.74. The molecule has 0 radical (unpaired) electrons. The number of likely N-dealkylation sites (tertiary alicyclic amines) is 1. The highest BCUT2D eigenvalue weighted by Gasteiger charge is 2.15. The summed E-state index contributed by atoms with van der Waals surface area (Å²) in [6.07, 6.45) is 10.1. The number of nitrogens with one attached hydrogen (secondary N) is 1. The van der Waals surface area contributed by atoms with Gasteiger partial charge in [-0.2, -0.15) is 0 Å². The zero-order valence-electron chi connectivity index (χ0n) is 10.1. The van der Waals surface area contributed by atoms with Crippen molar-refractivity contribution in [1.82, 2.24) is 14.9 Å². The van der Waals surface area contributed by atoms with E-state index in [1.54, 1.807) is 35.9 Å². The number of imidazole rings is 1. The normalized spacial score (nSPS) is 12.3. The number of halogens is 1. The molecule has 1 aliphatic rings. The van der Waals surface area contributed by atoms with Gasteiger partial charge in [0.15, 0.2) is 0 Å². The molecule has 1 saturated heterocycles. The van der Waals surface area contributed by atoms with Crippen molar-refractivity contribution in [2.75, 3.05) is 6.54 Å². The first-order chi connectivity index (χ1) is 7.76. The second-order valence-corrected chi connectivity index (χ2v) is 3.04. The van der Waals surface area contributed by atoms with Gasteiger partial charge in [0.05, 0.1) is 6.33 Å². The van der Waals surface area contributed by atoms with Gasteiger partial charge in [-0.25, -0.2) is 4.98 Å². The van der Waals surface area contributed by atoms with E-state index in [-0.39, 0.29) is 18.3 Å². The second kappa shape index (κ2) is 12.5. The number of H-pyrrole nitrogens is 1. The largest absolute Gasteiger partial charge is 0.351 e. The van der Waals surface area contributed by atoms with Crippen molar-refractivity contribution >= 4 is 18.3 Å². The van der Waals surface area contributed by atoms with Crippen LogP contribution in [0, 0.1) is 0 Å². The maximum atomic E-state index is 10.7. The zero-order chi connectivity index (χ0) is 12.2. The molecular formula is C12H20ClN3O. The smallest absolute Gasteiger partial charge is 0.226 e. The van der Waals surface area contributed by atoms with Gasteiger partial charge in [-0.05, 0) is 19.5 Å². The maximum absolute atomic E-state index is 10.7. The van der Waals surface area contributed by atoms with Gasteiger partial charge in [-0.1, -0.05) is 12.7 Å². The summed E-state index contributed by atoms with van der Waals surface area (Å²) < 4.78 is 0. The molecule has 0 atom stereocenters. The van der Waals surface area contributed by atoms with Gasteiger partial charge >= 0.3 is 0 Å². The molecule has 1 aromatic heterocycles. The Labute approximate surface area is 109 Å². The van der Waals surface area contributed by atoms with Crippen LogP contribution in [0.5, 0.6) is 0 Å². The van der Waals surface area contributed by atoms with Gasteiger partial charge < -0.3 is 9.88 Å². The summed E-state index contributed by atoms with van der Waals surface area (Å²) in [5, 5.41) is 0. The number of aromatic amines is 1. The lowest BCUT2D eigenvalue weighted by Crippen LogP contribution is -2.16. The molecule has 1 aromatic rings. The molecule has 4 nitrogen and oxygen atoms in total. The van der Waals surface area contributed by atoms with E-state index in [9.17, 15) is 4.79 Å². The van der Waals surface area contributed by atoms with Crippen LogP contribution in [-0.4, -0.2) is 27.3 Å². The van der Waals surface area contributed by atoms with Crippen LogP contribution in [0.3, 0.4) is 0 Å². The number of hydrogen-bond donors (Lipinski definition) is 1. The average molecular weight is 258 g/mol. The lowest BCUT2D eigenvalue weighted by atomic mass is 10.4. The highest BCUT2D eigenvalue weighted by molar-refractivity contribution is 5.85. The van der Waals surface area contributed by atoms with E-state index in [0.717, 1.165) is 13.0 Å². The summed E-state index contributed by atoms with van der Waals surface area (Å²) in [7, 11) is 0. The van der Waals surface area contributed by atoms with Crippen molar-refractivity contribution in [2.24, 2.45) is 0 Å². The lowest BCUT2D eigenvalue weighted by Gasteiger charge is -2.05. The summed E-state index contributed by atoms with van der Waals surface area (Å²) in [4.78, 5) is 18.7. The topological polar surface area (TPSA) is 49.0 Å². The van der Waals surface area contributed by atoms with Gasteiger partial charge in [0.25, 0.3) is 0 Å². The number of hydrogen-bond acceptors (Lipinski definition) is 2. The van der Waals surface area contributed by atoms with Crippen LogP contribution in [-0.2, 0) is 4.79 Å². The summed E-state index contributed by atoms with van der Waals surface area (Å²) in [6, 6.07) is 0. The van der Waals surface area contributed by atoms with Crippen molar-refractivity contribution in [1.29, 1.82) is 0 Å². The molecule has 0 saturated carbocycles. The molecule has 0 spiro atoms. The van der Waals surface area contributed by atoms with Gasteiger partial charge in [0, 0.05) is 25.4 Å². The number of carbonyl (C=O) groups is 1. The Morgan fingerprint density at radius 3 is 2.35 bits per heavy atom. The van der Waals surface area contributed by atoms with Crippen LogP contribution in [0.1, 0.15) is 19.8 Å². The molecule has 2 heterocycles. The Balaban J connectivity index is 0. The standard InChI is InChI=1S/C6H9NO.C3H4N2.C3H6.ClH/c1-2-7-5-3-4-6(7)8;1-2-5-3-4-1;1-3-2;/h2H,1,3-5H2;1-3H,(H,4,5);3H,1H2,2H3;1H. The Kier molecular flexibility index (Phi) is 13.1. The summed E-state index contributed by atoms with van der Waals surface area (Å²) >= 11 is 0. The lowest BCUT2D eigenvalue weighted by molar-refractivity contribution is -0.125. The first kappa shape index (κ1) is 17.8. The van der Waals surface area contributed by atoms with E-state index in [1.165, 1.54) is 0 Å². The first-order valence-electron chi connectivity index (χ1n) is 5.18. The van der Waals surface area contributed by atoms with E-state index >= 15 is 0 Å². The Morgan fingerprint density at radius 1 is 1.53 bits per heavy atom. The number of amides is 1. The quantitative estimate of drug-likeness (QED) is 0.787. The van der Waals surface area contributed by atoms with Crippen molar-refractivity contribution in [3.05, 3.63) is 44.2 Å². The van der Waals surface area contributed by atoms with Crippen LogP contribution in [0.4, 0.5) is 0 Å². The van der Waals surface area contributed by atoms with Crippen LogP contribution in [0.25, 0.3) is 0 Å². The molecule has 1 N–H and O–H groups in total. The van der Waals surface area contributed by atoms with E-state index in [1.807, 2.05) is 6.92 Å². The molecular weight excluding hydrogens is 238 g/mol. The Bertz CT molecular complexity index is 281. The molecule has 2 rings (SSSR count). The van der Waals surface area contributed by atoms with Gasteiger partial charge in [-0.3, -0.25) is 4.79 Å². The molecule has 17 heavy (non-hydrogen) atoms. The maximum Gasteiger partial charge on any atom is 0.226 e. The van der Waals surface area contributed by atoms with E-state index in [4.69, 9.17) is 0 Å². The minimum Gasteiger partial charge on any atom is -0.351 e. The third-order valence-corrected chi connectivity index (χ3v) is 1.74. The fraction of sp³-hybridized carbons (Fsp3) is 0.333. The van der Waals surface area contributed by atoms with Crippen LogP contribution in [0.2, 0.25) is 0 Å². The first-order valence-corrected chi connectivity index (χ1v) is 5.18. The van der Waals surface area contributed by atoms with E-state index < -0.39 is 0 Å². The molecule has 0 unspecified atom stereocenters. The molecule has 1 aliphatic heterocycles. The Morgan fingerprint density at radius 2 is 2.18 bits per heavy atom. The molecule has 0 aromatic carbocycles. The molecule has 0 aliphatic carbocycles. The molecule has 1 fully saturated rings. The average Bonchev–Trinajstić information content (AvgIpc) is 2.91. The predicted molar refractivity (Wildman–Crippen MR) is 72.9 cm³/mol. The van der Waals surface area contributed by atoms with Crippen LogP contribution in [0.15, 0.2) is 44.2 Å². The summed E-state index contributed by atoms with van der Waals surface area (Å²) in [5.74, 6) is 0.208. The number of carbonyl (C=O) groups excluding carboxylic acids is 1. The third kappa shape index (κ3) is 9.38. The molecule has 5 heteroatoms. The minimum absolute atomic E-state index is 0. The van der Waals surface area contributed by atoms with Crippen molar-refractivity contribution in [3.8, 4) is 0 Å². The summed E-state index contributed by atoms with van der Waals surface area (Å²) in [6.45, 7) is 9.61. The SMILES string of the molecule is C=CC.C=CN1CCCC1=O.Cl.c1c[nH]cn1. The fourth-order valence-corrected chi connectivity index (χ4v) is 1.08. The number of nitrogens with zero attached hydrogens (tertiary/aromatic N) is 2. The second-order valence-electron chi connectivity index (χ2n) is 3.04. The summed E-state index contributed by atoms with van der Waals surface area (Å²) in [5.41, 5.74) is 0. The number of allylic oxidation sites excluding steroid dienone is 1.